The molecule has 1 heterocycles. The molecular weight excluding hydrogens is 221 g/mol. The number of rotatable bonds is 0. The van der Waals surface area contributed by atoms with E-state index in [1.54, 1.807) is 13.0 Å². The van der Waals surface area contributed by atoms with Crippen LogP contribution in [0.15, 0.2) is 12.3 Å². The van der Waals surface area contributed by atoms with E-state index < -0.39 is 5.95 Å². The van der Waals surface area contributed by atoms with Crippen molar-refractivity contribution in [3.05, 3.63) is 29.3 Å². The molecule has 0 aromatic carbocycles. The van der Waals surface area contributed by atoms with Gasteiger partial charge >= 0.3 is 0 Å². The zero-order valence-electron chi connectivity index (χ0n) is 6.56. The smallest absolute Gasteiger partial charge is 0.215 e. The van der Waals surface area contributed by atoms with Crippen LogP contribution in [0.3, 0.4) is 0 Å². The zero-order chi connectivity index (χ0) is 8.97. The Balaban J connectivity index is 2.97. The predicted molar refractivity (Wildman–Crippen MR) is 49.6 cm³/mol. The van der Waals surface area contributed by atoms with Crippen LogP contribution >= 0.6 is 15.9 Å². The van der Waals surface area contributed by atoms with Gasteiger partial charge in [0, 0.05) is 17.3 Å². The minimum Gasteiger partial charge on any atom is -0.227 e. The lowest BCUT2D eigenvalue weighted by Gasteiger charge is -1.94. The van der Waals surface area contributed by atoms with Crippen molar-refractivity contribution in [3.8, 4) is 11.8 Å². The first-order chi connectivity index (χ1) is 5.74. The second kappa shape index (κ2) is 4.22. The number of hydrogen-bond donors (Lipinski definition) is 0. The van der Waals surface area contributed by atoms with E-state index in [9.17, 15) is 4.39 Å². The molecule has 0 spiro atoms. The summed E-state index contributed by atoms with van der Waals surface area (Å²) in [6, 6.07) is 1.68. The summed E-state index contributed by atoms with van der Waals surface area (Å²) in [6.45, 7) is 1.67. The molecule has 1 aromatic rings. The van der Waals surface area contributed by atoms with E-state index in [2.05, 4.69) is 32.8 Å². The summed E-state index contributed by atoms with van der Waals surface area (Å²) in [6.07, 6.45) is 1.43. The van der Waals surface area contributed by atoms with Crippen LogP contribution in [0.25, 0.3) is 0 Å². The molecule has 0 bridgehead atoms. The van der Waals surface area contributed by atoms with Gasteiger partial charge in [0.05, 0.1) is 5.33 Å². The highest BCUT2D eigenvalue weighted by Crippen LogP contribution is 2.04. The van der Waals surface area contributed by atoms with Crippen LogP contribution in [0.5, 0.6) is 0 Å². The lowest BCUT2D eigenvalue weighted by molar-refractivity contribution is 0.574. The van der Waals surface area contributed by atoms with Crippen molar-refractivity contribution in [2.75, 3.05) is 5.33 Å². The van der Waals surface area contributed by atoms with Gasteiger partial charge in [0.2, 0.25) is 5.95 Å². The average molecular weight is 228 g/mol. The molecule has 0 aliphatic rings. The molecule has 3 heteroatoms. The summed E-state index contributed by atoms with van der Waals surface area (Å²) >= 11 is 3.17. The topological polar surface area (TPSA) is 12.9 Å². The van der Waals surface area contributed by atoms with Crippen LogP contribution in [0.1, 0.15) is 11.1 Å². The Labute approximate surface area is 79.1 Å². The number of alkyl halides is 1. The van der Waals surface area contributed by atoms with E-state index in [1.165, 1.54) is 6.20 Å². The van der Waals surface area contributed by atoms with Crippen LogP contribution in [0, 0.1) is 24.7 Å². The first-order valence-corrected chi connectivity index (χ1v) is 4.53. The number of nitrogens with zero attached hydrogens (tertiary/aromatic N) is 1. The maximum Gasteiger partial charge on any atom is 0.215 e. The third-order valence-corrected chi connectivity index (χ3v) is 1.59. The zero-order valence-corrected chi connectivity index (χ0v) is 8.15. The molecule has 0 N–H and O–H groups in total. The molecule has 0 unspecified atom stereocenters. The third kappa shape index (κ3) is 2.31. The maximum atomic E-state index is 12.7. The molecule has 0 fully saturated rings. The Morgan fingerprint density at radius 3 is 3.00 bits per heavy atom. The summed E-state index contributed by atoms with van der Waals surface area (Å²) in [5.74, 6) is 5.22. The van der Waals surface area contributed by atoms with E-state index in [4.69, 9.17) is 0 Å². The van der Waals surface area contributed by atoms with Crippen LogP contribution in [0.4, 0.5) is 4.39 Å². The summed E-state index contributed by atoms with van der Waals surface area (Å²) in [5, 5.41) is 0.615. The molecule has 1 rings (SSSR count). The van der Waals surface area contributed by atoms with E-state index in [-0.39, 0.29) is 0 Å². The molecule has 1 nitrogen and oxygen atoms in total. The van der Waals surface area contributed by atoms with Crippen molar-refractivity contribution >= 4 is 15.9 Å². The molecule has 0 saturated carbocycles. The van der Waals surface area contributed by atoms with Gasteiger partial charge in [-0.1, -0.05) is 27.8 Å². The average Bonchev–Trinajstić information content (AvgIpc) is 2.07. The highest BCUT2D eigenvalue weighted by Gasteiger charge is 1.96. The quantitative estimate of drug-likeness (QED) is 0.377. The molecule has 1 aromatic heterocycles. The summed E-state index contributed by atoms with van der Waals surface area (Å²) in [5.41, 5.74) is 1.27. The lowest BCUT2D eigenvalue weighted by Crippen LogP contribution is -1.88. The molecule has 0 amide bonds. The summed E-state index contributed by atoms with van der Waals surface area (Å²) < 4.78 is 12.7. The van der Waals surface area contributed by atoms with E-state index >= 15 is 0 Å². The Hall–Kier alpha value is -0.880. The number of halogens is 2. The van der Waals surface area contributed by atoms with Crippen LogP contribution in [0.2, 0.25) is 0 Å². The number of hydrogen-bond acceptors (Lipinski definition) is 1. The van der Waals surface area contributed by atoms with Crippen molar-refractivity contribution < 1.29 is 4.39 Å². The van der Waals surface area contributed by atoms with Crippen molar-refractivity contribution in [1.29, 1.82) is 0 Å². The fraction of sp³-hybridized carbons (Fsp3) is 0.222. The number of pyridine rings is 1. The first kappa shape index (κ1) is 9.21. The molecule has 62 valence electrons. The molecule has 0 aliphatic carbocycles. The standard InChI is InChI=1S/C9H7BrFN/c1-7-5-8(3-2-4-10)6-12-9(7)11/h5-6H,4H2,1H3. The van der Waals surface area contributed by atoms with Gasteiger partial charge in [-0.25, -0.2) is 4.98 Å². The van der Waals surface area contributed by atoms with Crippen LogP contribution in [-0.4, -0.2) is 10.3 Å². The lowest BCUT2D eigenvalue weighted by atomic mass is 10.2. The molecule has 12 heavy (non-hydrogen) atoms. The van der Waals surface area contributed by atoms with Gasteiger partial charge in [0.25, 0.3) is 0 Å². The Morgan fingerprint density at radius 1 is 1.67 bits per heavy atom. The molecule has 0 atom stereocenters. The fourth-order valence-corrected chi connectivity index (χ4v) is 0.902. The Kier molecular flexibility index (Phi) is 3.24. The predicted octanol–water partition coefficient (Wildman–Crippen LogP) is 2.28. The maximum absolute atomic E-state index is 12.7. The highest BCUT2D eigenvalue weighted by molar-refractivity contribution is 9.09. The monoisotopic (exact) mass is 227 g/mol. The fourth-order valence-electron chi connectivity index (χ4n) is 0.762. The van der Waals surface area contributed by atoms with E-state index in [0.29, 0.717) is 10.9 Å². The van der Waals surface area contributed by atoms with Crippen molar-refractivity contribution in [2.45, 2.75) is 6.92 Å². The normalized spacial score (nSPS) is 8.92. The molecular formula is C9H7BrFN. The molecule has 0 aliphatic heterocycles. The van der Waals surface area contributed by atoms with Gasteiger partial charge < -0.3 is 0 Å². The van der Waals surface area contributed by atoms with E-state index in [0.717, 1.165) is 5.56 Å². The van der Waals surface area contributed by atoms with Gasteiger partial charge in [-0.05, 0) is 13.0 Å². The van der Waals surface area contributed by atoms with Crippen molar-refractivity contribution in [1.82, 2.24) is 4.98 Å². The number of aromatic nitrogens is 1. The second-order valence-electron chi connectivity index (χ2n) is 2.27. The van der Waals surface area contributed by atoms with Gasteiger partial charge in [0.1, 0.15) is 0 Å². The first-order valence-electron chi connectivity index (χ1n) is 3.41. The van der Waals surface area contributed by atoms with Gasteiger partial charge in [0.15, 0.2) is 0 Å². The largest absolute Gasteiger partial charge is 0.227 e. The summed E-state index contributed by atoms with van der Waals surface area (Å²) in [4.78, 5) is 3.55. The molecule has 0 saturated heterocycles. The SMILES string of the molecule is Cc1cc(C#CCBr)cnc1F. The number of aryl methyl sites for hydroxylation is 1. The molecule has 0 radical (unpaired) electrons. The van der Waals surface area contributed by atoms with Crippen molar-refractivity contribution in [3.63, 3.8) is 0 Å². The van der Waals surface area contributed by atoms with Gasteiger partial charge in [-0.2, -0.15) is 4.39 Å². The van der Waals surface area contributed by atoms with Crippen LogP contribution < -0.4 is 0 Å². The minimum atomic E-state index is -0.431. The third-order valence-electron chi connectivity index (χ3n) is 1.31. The highest BCUT2D eigenvalue weighted by atomic mass is 79.9. The van der Waals surface area contributed by atoms with Gasteiger partial charge in [-0.15, -0.1) is 0 Å². The Morgan fingerprint density at radius 2 is 2.42 bits per heavy atom. The van der Waals surface area contributed by atoms with E-state index in [1.807, 2.05) is 0 Å². The Bertz CT molecular complexity index is 338. The summed E-state index contributed by atoms with van der Waals surface area (Å²) in [7, 11) is 0. The van der Waals surface area contributed by atoms with Gasteiger partial charge in [-0.3, -0.25) is 0 Å². The van der Waals surface area contributed by atoms with Crippen LogP contribution in [-0.2, 0) is 0 Å². The van der Waals surface area contributed by atoms with Crippen molar-refractivity contribution in [2.24, 2.45) is 0 Å². The minimum absolute atomic E-state index is 0.431. The second-order valence-corrected chi connectivity index (χ2v) is 2.83.